The summed E-state index contributed by atoms with van der Waals surface area (Å²) in [5.74, 6) is 2.83. The second-order valence-corrected chi connectivity index (χ2v) is 6.25. The van der Waals surface area contributed by atoms with Crippen LogP contribution >= 0.6 is 11.6 Å². The largest absolute Gasteiger partial charge is 0.495 e. The van der Waals surface area contributed by atoms with Crippen molar-refractivity contribution in [2.24, 2.45) is 0 Å². The van der Waals surface area contributed by atoms with Crippen LogP contribution in [0.15, 0.2) is 54.6 Å². The Kier molecular flexibility index (Phi) is 5.92. The standard InChI is InChI=1S/C20H21ClN4O/c1-14-23-19(22-11-10-15-6-4-3-5-7-15)13-20(24-14)25-17-12-16(21)8-9-18(17)26-2/h3-9,12-13H,10-11H2,1-2H3,(H2,22,23,24,25). The first kappa shape index (κ1) is 18.0. The van der Waals surface area contributed by atoms with Crippen molar-refractivity contribution >= 4 is 28.9 Å². The van der Waals surface area contributed by atoms with Crippen molar-refractivity contribution in [3.8, 4) is 5.75 Å². The fraction of sp³-hybridized carbons (Fsp3) is 0.200. The second kappa shape index (κ2) is 8.54. The van der Waals surface area contributed by atoms with Gasteiger partial charge in [-0.2, -0.15) is 0 Å². The summed E-state index contributed by atoms with van der Waals surface area (Å²) in [7, 11) is 1.62. The minimum Gasteiger partial charge on any atom is -0.495 e. The molecule has 0 unspecified atom stereocenters. The van der Waals surface area contributed by atoms with Crippen LogP contribution in [0.4, 0.5) is 17.3 Å². The number of benzene rings is 2. The van der Waals surface area contributed by atoms with Crippen molar-refractivity contribution < 1.29 is 4.74 Å². The molecule has 0 saturated carbocycles. The van der Waals surface area contributed by atoms with Crippen molar-refractivity contribution in [1.29, 1.82) is 0 Å². The van der Waals surface area contributed by atoms with E-state index in [9.17, 15) is 0 Å². The molecule has 0 spiro atoms. The molecule has 0 aliphatic carbocycles. The molecule has 5 nitrogen and oxygen atoms in total. The molecule has 3 rings (SSSR count). The lowest BCUT2D eigenvalue weighted by Crippen LogP contribution is -2.08. The number of ether oxygens (including phenoxy) is 1. The van der Waals surface area contributed by atoms with E-state index in [4.69, 9.17) is 16.3 Å². The lowest BCUT2D eigenvalue weighted by atomic mass is 10.1. The molecule has 0 amide bonds. The fourth-order valence-corrected chi connectivity index (χ4v) is 2.79. The predicted octanol–water partition coefficient (Wildman–Crippen LogP) is 4.85. The van der Waals surface area contributed by atoms with Gasteiger partial charge >= 0.3 is 0 Å². The molecule has 1 aromatic heterocycles. The van der Waals surface area contributed by atoms with Gasteiger partial charge in [0.1, 0.15) is 23.2 Å². The average Bonchev–Trinajstić information content (AvgIpc) is 2.62. The fourth-order valence-electron chi connectivity index (χ4n) is 2.62. The maximum Gasteiger partial charge on any atom is 0.142 e. The van der Waals surface area contributed by atoms with Gasteiger partial charge in [-0.1, -0.05) is 41.9 Å². The first-order valence-corrected chi connectivity index (χ1v) is 8.76. The highest BCUT2D eigenvalue weighted by Gasteiger charge is 2.07. The maximum atomic E-state index is 6.09. The number of aromatic nitrogens is 2. The van der Waals surface area contributed by atoms with E-state index >= 15 is 0 Å². The minimum atomic E-state index is 0.625. The molecule has 2 N–H and O–H groups in total. The number of hydrogen-bond donors (Lipinski definition) is 2. The van der Waals surface area contributed by atoms with Gasteiger partial charge in [0.05, 0.1) is 12.8 Å². The molecule has 0 saturated heterocycles. The Hall–Kier alpha value is -2.79. The van der Waals surface area contributed by atoms with Crippen molar-refractivity contribution in [3.05, 3.63) is 71.0 Å². The number of halogens is 1. The van der Waals surface area contributed by atoms with Gasteiger partial charge in [0.25, 0.3) is 0 Å². The van der Waals surface area contributed by atoms with Crippen molar-refractivity contribution in [3.63, 3.8) is 0 Å². The molecule has 2 aromatic carbocycles. The summed E-state index contributed by atoms with van der Waals surface area (Å²) in [6, 6.07) is 17.6. The highest BCUT2D eigenvalue weighted by molar-refractivity contribution is 6.31. The molecular weight excluding hydrogens is 348 g/mol. The summed E-state index contributed by atoms with van der Waals surface area (Å²) < 4.78 is 5.37. The second-order valence-electron chi connectivity index (χ2n) is 5.82. The molecule has 0 radical (unpaired) electrons. The van der Waals surface area contributed by atoms with Gasteiger partial charge in [0, 0.05) is 17.6 Å². The van der Waals surface area contributed by atoms with Gasteiger partial charge in [-0.3, -0.25) is 0 Å². The smallest absolute Gasteiger partial charge is 0.142 e. The number of hydrogen-bond acceptors (Lipinski definition) is 5. The number of methoxy groups -OCH3 is 1. The third kappa shape index (κ3) is 4.86. The monoisotopic (exact) mass is 368 g/mol. The number of nitrogens with one attached hydrogen (secondary N) is 2. The van der Waals surface area contributed by atoms with Crippen LogP contribution in [0, 0.1) is 6.92 Å². The van der Waals surface area contributed by atoms with E-state index < -0.39 is 0 Å². The number of anilines is 3. The Balaban J connectivity index is 1.70. The van der Waals surface area contributed by atoms with Crippen LogP contribution < -0.4 is 15.4 Å². The third-order valence-corrected chi connectivity index (χ3v) is 4.06. The van der Waals surface area contributed by atoms with Gasteiger partial charge in [0.2, 0.25) is 0 Å². The van der Waals surface area contributed by atoms with E-state index in [1.165, 1.54) is 5.56 Å². The van der Waals surface area contributed by atoms with Gasteiger partial charge < -0.3 is 15.4 Å². The van der Waals surface area contributed by atoms with Gasteiger partial charge in [0.15, 0.2) is 0 Å². The van der Waals surface area contributed by atoms with E-state index in [-0.39, 0.29) is 0 Å². The maximum absolute atomic E-state index is 6.09. The Labute approximate surface area is 158 Å². The Morgan fingerprint density at radius 3 is 2.54 bits per heavy atom. The Morgan fingerprint density at radius 1 is 1.00 bits per heavy atom. The predicted molar refractivity (Wildman–Crippen MR) is 107 cm³/mol. The van der Waals surface area contributed by atoms with Crippen LogP contribution in [-0.4, -0.2) is 23.6 Å². The molecule has 6 heteroatoms. The molecule has 0 bridgehead atoms. The number of aryl methyl sites for hydroxylation is 1. The Bertz CT molecular complexity index is 871. The highest BCUT2D eigenvalue weighted by atomic mass is 35.5. The topological polar surface area (TPSA) is 59.1 Å². The SMILES string of the molecule is COc1ccc(Cl)cc1Nc1cc(NCCc2ccccc2)nc(C)n1. The summed E-state index contributed by atoms with van der Waals surface area (Å²) >= 11 is 6.09. The first-order valence-electron chi connectivity index (χ1n) is 8.38. The van der Waals surface area contributed by atoms with Gasteiger partial charge in [-0.15, -0.1) is 0 Å². The quantitative estimate of drug-likeness (QED) is 0.624. The number of nitrogens with zero attached hydrogens (tertiary/aromatic N) is 2. The van der Waals surface area contributed by atoms with E-state index in [0.717, 1.165) is 24.5 Å². The van der Waals surface area contributed by atoms with Gasteiger partial charge in [-0.05, 0) is 37.1 Å². The number of rotatable bonds is 7. The molecule has 3 aromatic rings. The van der Waals surface area contributed by atoms with E-state index in [1.54, 1.807) is 19.2 Å². The molecule has 0 aliphatic heterocycles. The normalized spacial score (nSPS) is 10.4. The average molecular weight is 369 g/mol. The summed E-state index contributed by atoms with van der Waals surface area (Å²) in [5, 5.41) is 7.23. The van der Waals surface area contributed by atoms with Crippen LogP contribution in [0.1, 0.15) is 11.4 Å². The Morgan fingerprint density at radius 2 is 1.77 bits per heavy atom. The van der Waals surface area contributed by atoms with Crippen LogP contribution in [-0.2, 0) is 6.42 Å². The van der Waals surface area contributed by atoms with E-state index in [0.29, 0.717) is 22.4 Å². The molecule has 1 heterocycles. The zero-order chi connectivity index (χ0) is 18.4. The van der Waals surface area contributed by atoms with Crippen LogP contribution in [0.2, 0.25) is 5.02 Å². The minimum absolute atomic E-state index is 0.625. The van der Waals surface area contributed by atoms with Crippen LogP contribution in [0.3, 0.4) is 0 Å². The van der Waals surface area contributed by atoms with Crippen molar-refractivity contribution in [1.82, 2.24) is 9.97 Å². The first-order chi connectivity index (χ1) is 12.6. The van der Waals surface area contributed by atoms with E-state index in [1.807, 2.05) is 37.3 Å². The molecule has 0 fully saturated rings. The highest BCUT2D eigenvalue weighted by Crippen LogP contribution is 2.30. The third-order valence-electron chi connectivity index (χ3n) is 3.82. The molecule has 0 aliphatic rings. The van der Waals surface area contributed by atoms with Crippen LogP contribution in [0.5, 0.6) is 5.75 Å². The molecule has 0 atom stereocenters. The zero-order valence-corrected chi connectivity index (χ0v) is 15.5. The van der Waals surface area contributed by atoms with Crippen LogP contribution in [0.25, 0.3) is 0 Å². The van der Waals surface area contributed by atoms with Crippen molar-refractivity contribution in [2.75, 3.05) is 24.3 Å². The molecule has 26 heavy (non-hydrogen) atoms. The summed E-state index contributed by atoms with van der Waals surface area (Å²) in [6.07, 6.45) is 0.925. The summed E-state index contributed by atoms with van der Waals surface area (Å²) in [4.78, 5) is 8.89. The molecular formula is C20H21ClN4O. The zero-order valence-electron chi connectivity index (χ0n) is 14.8. The lowest BCUT2D eigenvalue weighted by Gasteiger charge is -2.13. The van der Waals surface area contributed by atoms with E-state index in [2.05, 4.69) is 32.7 Å². The lowest BCUT2D eigenvalue weighted by molar-refractivity contribution is 0.417. The molecule has 134 valence electrons. The van der Waals surface area contributed by atoms with Crippen molar-refractivity contribution in [2.45, 2.75) is 13.3 Å². The van der Waals surface area contributed by atoms with Gasteiger partial charge in [-0.25, -0.2) is 9.97 Å². The summed E-state index contributed by atoms with van der Waals surface area (Å²) in [5.41, 5.74) is 2.04. The summed E-state index contributed by atoms with van der Waals surface area (Å²) in [6.45, 7) is 2.66.